The number of ketones is 1. The molecule has 1 aliphatic heterocycles. The van der Waals surface area contributed by atoms with Crippen LogP contribution in [0.5, 0.6) is 0 Å². The second-order valence-corrected chi connectivity index (χ2v) is 5.09. The van der Waals surface area contributed by atoms with Gasteiger partial charge >= 0.3 is 0 Å². The molecule has 1 unspecified atom stereocenters. The van der Waals surface area contributed by atoms with E-state index in [4.69, 9.17) is 0 Å². The van der Waals surface area contributed by atoms with Crippen molar-refractivity contribution in [2.24, 2.45) is 11.8 Å². The summed E-state index contributed by atoms with van der Waals surface area (Å²) < 4.78 is 0. The van der Waals surface area contributed by atoms with E-state index in [0.717, 1.165) is 17.4 Å². The number of hydrogen-bond donors (Lipinski definition) is 0. The van der Waals surface area contributed by atoms with Gasteiger partial charge < -0.3 is 0 Å². The van der Waals surface area contributed by atoms with Gasteiger partial charge in [0, 0.05) is 11.7 Å². The Labute approximate surface area is 78.3 Å². The molecule has 2 rings (SSSR count). The molecule has 0 amide bonds. The molecule has 12 heavy (non-hydrogen) atoms. The largest absolute Gasteiger partial charge is 0.298 e. The van der Waals surface area contributed by atoms with Crippen molar-refractivity contribution in [3.63, 3.8) is 0 Å². The fourth-order valence-corrected chi connectivity index (χ4v) is 3.52. The van der Waals surface area contributed by atoms with Crippen LogP contribution in [0.3, 0.4) is 0 Å². The van der Waals surface area contributed by atoms with Gasteiger partial charge in [-0.15, -0.1) is 0 Å². The van der Waals surface area contributed by atoms with Crippen LogP contribution in [-0.2, 0) is 4.79 Å². The van der Waals surface area contributed by atoms with Crippen LogP contribution in [0, 0.1) is 11.8 Å². The van der Waals surface area contributed by atoms with Gasteiger partial charge in [0.05, 0.1) is 5.75 Å². The number of carbonyl (C=O) groups excluding carboxylic acids is 1. The lowest BCUT2D eigenvalue weighted by molar-refractivity contribution is -0.119. The number of thioether (sulfide) groups is 1. The first-order valence-corrected chi connectivity index (χ1v) is 6.12. The second kappa shape index (κ2) is 3.82. The third-order valence-corrected chi connectivity index (χ3v) is 4.24. The molecule has 1 nitrogen and oxygen atoms in total. The lowest BCUT2D eigenvalue weighted by atomic mass is 9.92. The van der Waals surface area contributed by atoms with Crippen molar-refractivity contribution in [3.8, 4) is 0 Å². The van der Waals surface area contributed by atoms with Gasteiger partial charge in [-0.3, -0.25) is 4.79 Å². The standard InChI is InChI=1S/C10H16OS/c11-10-7-12-6-9(10)5-8-3-1-2-4-8/h8-9H,1-7H2. The Bertz CT molecular complexity index is 173. The molecule has 0 bridgehead atoms. The molecule has 0 aromatic carbocycles. The van der Waals surface area contributed by atoms with Crippen molar-refractivity contribution in [2.75, 3.05) is 11.5 Å². The topological polar surface area (TPSA) is 17.1 Å². The number of hydrogen-bond acceptors (Lipinski definition) is 2. The highest BCUT2D eigenvalue weighted by atomic mass is 32.2. The van der Waals surface area contributed by atoms with E-state index in [2.05, 4.69) is 0 Å². The Morgan fingerprint density at radius 1 is 1.33 bits per heavy atom. The molecular formula is C10H16OS. The summed E-state index contributed by atoms with van der Waals surface area (Å²) in [5.41, 5.74) is 0. The molecule has 1 heterocycles. The third-order valence-electron chi connectivity index (χ3n) is 3.11. The van der Waals surface area contributed by atoms with Gasteiger partial charge in [-0.25, -0.2) is 0 Å². The molecule has 2 aliphatic rings. The predicted molar refractivity (Wildman–Crippen MR) is 52.4 cm³/mol. The number of Topliss-reactive ketones (excluding diaryl/α,β-unsaturated/α-hetero) is 1. The zero-order valence-corrected chi connectivity index (χ0v) is 8.24. The average Bonchev–Trinajstić information content (AvgIpc) is 2.65. The molecule has 0 aromatic rings. The highest BCUT2D eigenvalue weighted by Gasteiger charge is 2.28. The predicted octanol–water partition coefficient (Wildman–Crippen LogP) is 2.50. The maximum Gasteiger partial charge on any atom is 0.146 e. The van der Waals surface area contributed by atoms with Gasteiger partial charge in [-0.1, -0.05) is 25.7 Å². The van der Waals surface area contributed by atoms with E-state index in [-0.39, 0.29) is 0 Å². The molecule has 0 N–H and O–H groups in total. The summed E-state index contributed by atoms with van der Waals surface area (Å²) in [7, 11) is 0. The van der Waals surface area contributed by atoms with Crippen molar-refractivity contribution in [1.82, 2.24) is 0 Å². The van der Waals surface area contributed by atoms with E-state index in [1.54, 1.807) is 0 Å². The van der Waals surface area contributed by atoms with Gasteiger partial charge in [0.15, 0.2) is 0 Å². The molecule has 0 spiro atoms. The van der Waals surface area contributed by atoms with Crippen LogP contribution in [0.15, 0.2) is 0 Å². The quantitative estimate of drug-likeness (QED) is 0.656. The van der Waals surface area contributed by atoms with Crippen LogP contribution < -0.4 is 0 Å². The van der Waals surface area contributed by atoms with Gasteiger partial charge in [0.25, 0.3) is 0 Å². The van der Waals surface area contributed by atoms with E-state index in [0.29, 0.717) is 11.7 Å². The molecule has 68 valence electrons. The Morgan fingerprint density at radius 3 is 2.67 bits per heavy atom. The maximum atomic E-state index is 11.3. The first kappa shape index (κ1) is 8.61. The van der Waals surface area contributed by atoms with E-state index in [1.165, 1.54) is 32.1 Å². The maximum absolute atomic E-state index is 11.3. The summed E-state index contributed by atoms with van der Waals surface area (Å²) in [6.45, 7) is 0. The first-order valence-electron chi connectivity index (χ1n) is 4.96. The van der Waals surface area contributed by atoms with Crippen LogP contribution in [0.1, 0.15) is 32.1 Å². The van der Waals surface area contributed by atoms with Gasteiger partial charge in [-0.05, 0) is 12.3 Å². The van der Waals surface area contributed by atoms with Gasteiger partial charge in [0.1, 0.15) is 5.78 Å². The van der Waals surface area contributed by atoms with E-state index in [9.17, 15) is 4.79 Å². The fraction of sp³-hybridized carbons (Fsp3) is 0.900. The summed E-state index contributed by atoms with van der Waals surface area (Å²) in [6.07, 6.45) is 6.77. The van der Waals surface area contributed by atoms with E-state index < -0.39 is 0 Å². The molecule has 2 heteroatoms. The second-order valence-electron chi connectivity index (χ2n) is 4.06. The SMILES string of the molecule is O=C1CSCC1CC1CCCC1. The molecular weight excluding hydrogens is 168 g/mol. The normalized spacial score (nSPS) is 31.7. The first-order chi connectivity index (χ1) is 5.86. The highest BCUT2D eigenvalue weighted by Crippen LogP contribution is 2.34. The summed E-state index contributed by atoms with van der Waals surface area (Å²) >= 11 is 1.82. The van der Waals surface area contributed by atoms with Crippen LogP contribution >= 0.6 is 11.8 Å². The third kappa shape index (κ3) is 1.85. The zero-order chi connectivity index (χ0) is 8.39. The Hall–Kier alpha value is 0.0200. The fourth-order valence-electron chi connectivity index (χ4n) is 2.36. The van der Waals surface area contributed by atoms with Gasteiger partial charge in [-0.2, -0.15) is 11.8 Å². The van der Waals surface area contributed by atoms with Crippen LogP contribution in [-0.4, -0.2) is 17.3 Å². The molecule has 0 aromatic heterocycles. The zero-order valence-electron chi connectivity index (χ0n) is 7.42. The summed E-state index contributed by atoms with van der Waals surface area (Å²) in [6, 6.07) is 0. The molecule has 1 saturated carbocycles. The van der Waals surface area contributed by atoms with Crippen molar-refractivity contribution in [1.29, 1.82) is 0 Å². The Kier molecular flexibility index (Phi) is 2.74. The molecule has 1 saturated heterocycles. The van der Waals surface area contributed by atoms with Crippen LogP contribution in [0.25, 0.3) is 0 Å². The molecule has 2 fully saturated rings. The highest BCUT2D eigenvalue weighted by molar-refractivity contribution is 8.00. The van der Waals surface area contributed by atoms with Crippen molar-refractivity contribution in [3.05, 3.63) is 0 Å². The van der Waals surface area contributed by atoms with Crippen molar-refractivity contribution >= 4 is 17.5 Å². The molecule has 1 aliphatic carbocycles. The summed E-state index contributed by atoms with van der Waals surface area (Å²) in [5.74, 6) is 3.73. The van der Waals surface area contributed by atoms with Crippen molar-refractivity contribution in [2.45, 2.75) is 32.1 Å². The van der Waals surface area contributed by atoms with Gasteiger partial charge in [0.2, 0.25) is 0 Å². The Balaban J connectivity index is 1.81. The lowest BCUT2D eigenvalue weighted by Gasteiger charge is -2.12. The Morgan fingerprint density at radius 2 is 2.08 bits per heavy atom. The van der Waals surface area contributed by atoms with Crippen LogP contribution in [0.4, 0.5) is 0 Å². The minimum absolute atomic E-state index is 0.429. The minimum atomic E-state index is 0.429. The summed E-state index contributed by atoms with van der Waals surface area (Å²) in [5, 5.41) is 0. The number of carbonyl (C=O) groups is 1. The molecule has 0 radical (unpaired) electrons. The van der Waals surface area contributed by atoms with E-state index >= 15 is 0 Å². The lowest BCUT2D eigenvalue weighted by Crippen LogP contribution is -2.14. The minimum Gasteiger partial charge on any atom is -0.298 e. The van der Waals surface area contributed by atoms with Crippen molar-refractivity contribution < 1.29 is 4.79 Å². The average molecular weight is 184 g/mol. The monoisotopic (exact) mass is 184 g/mol. The molecule has 1 atom stereocenters. The van der Waals surface area contributed by atoms with Crippen LogP contribution in [0.2, 0.25) is 0 Å². The smallest absolute Gasteiger partial charge is 0.146 e. The van der Waals surface area contributed by atoms with E-state index in [1.807, 2.05) is 11.8 Å². The number of rotatable bonds is 2. The summed E-state index contributed by atoms with van der Waals surface area (Å²) in [4.78, 5) is 11.3.